The van der Waals surface area contributed by atoms with Gasteiger partial charge < -0.3 is 24.8 Å². The fourth-order valence-electron chi connectivity index (χ4n) is 3.06. The van der Waals surface area contributed by atoms with E-state index in [-0.39, 0.29) is 0 Å². The number of nitrogens with one attached hydrogen (secondary N) is 1. The average Bonchev–Trinajstić information content (AvgIpc) is 3.35. The molecule has 8 heteroatoms. The predicted molar refractivity (Wildman–Crippen MR) is 115 cm³/mol. The number of aromatic nitrogens is 1. The summed E-state index contributed by atoms with van der Waals surface area (Å²) in [7, 11) is 0. The van der Waals surface area contributed by atoms with E-state index in [4.69, 9.17) is 14.9 Å². The van der Waals surface area contributed by atoms with Gasteiger partial charge in [-0.1, -0.05) is 0 Å². The molecule has 3 rings (SSSR count). The number of rotatable bonds is 8. The van der Waals surface area contributed by atoms with Crippen LogP contribution < -0.4 is 11.1 Å². The van der Waals surface area contributed by atoms with Crippen molar-refractivity contribution in [2.24, 2.45) is 5.73 Å². The standard InChI is InChI=1S/C23H23N3O5/c1-15-12-18(16(2)26(15)13-20-4-3-11-30-20)7-10-22(28)31-14-21(27)25-19-8-5-17(6-9-19)23(24)29/h3-12H,13-14H2,1-2H3,(H2,24,29)(H,25,27). The topological polar surface area (TPSA) is 117 Å². The van der Waals surface area contributed by atoms with Crippen molar-refractivity contribution >= 4 is 29.5 Å². The van der Waals surface area contributed by atoms with E-state index in [1.807, 2.05) is 32.0 Å². The molecule has 2 aromatic heterocycles. The van der Waals surface area contributed by atoms with E-state index in [0.717, 1.165) is 22.7 Å². The predicted octanol–water partition coefficient (Wildman–Crippen LogP) is 3.04. The SMILES string of the molecule is Cc1cc(C=CC(=O)OCC(=O)Nc2ccc(C(N)=O)cc2)c(C)n1Cc1ccco1. The summed E-state index contributed by atoms with van der Waals surface area (Å²) in [6.07, 6.45) is 4.57. The Labute approximate surface area is 179 Å². The lowest BCUT2D eigenvalue weighted by Gasteiger charge is -2.07. The second-order valence-electron chi connectivity index (χ2n) is 6.92. The van der Waals surface area contributed by atoms with Crippen LogP contribution in [0.2, 0.25) is 0 Å². The van der Waals surface area contributed by atoms with Crippen molar-refractivity contribution < 1.29 is 23.5 Å². The van der Waals surface area contributed by atoms with Crippen LogP contribution >= 0.6 is 0 Å². The van der Waals surface area contributed by atoms with Gasteiger partial charge in [0, 0.05) is 28.7 Å². The molecule has 0 spiro atoms. The quantitative estimate of drug-likeness (QED) is 0.428. The van der Waals surface area contributed by atoms with Crippen LogP contribution in [0.15, 0.2) is 59.2 Å². The van der Waals surface area contributed by atoms with E-state index < -0.39 is 24.4 Å². The van der Waals surface area contributed by atoms with Crippen molar-refractivity contribution in [2.45, 2.75) is 20.4 Å². The lowest BCUT2D eigenvalue weighted by atomic mass is 10.2. The third kappa shape index (κ3) is 5.72. The van der Waals surface area contributed by atoms with Gasteiger partial charge in [0.25, 0.3) is 5.91 Å². The first-order valence-corrected chi connectivity index (χ1v) is 9.57. The molecule has 0 bridgehead atoms. The molecule has 8 nitrogen and oxygen atoms in total. The number of amides is 2. The summed E-state index contributed by atoms with van der Waals surface area (Å²) in [5, 5.41) is 2.57. The zero-order valence-corrected chi connectivity index (χ0v) is 17.3. The van der Waals surface area contributed by atoms with Gasteiger partial charge in [0.2, 0.25) is 5.91 Å². The Morgan fingerprint density at radius 2 is 1.90 bits per heavy atom. The molecule has 0 unspecified atom stereocenters. The van der Waals surface area contributed by atoms with E-state index in [0.29, 0.717) is 17.8 Å². The van der Waals surface area contributed by atoms with E-state index in [1.54, 1.807) is 12.3 Å². The molecule has 3 aromatic rings. The van der Waals surface area contributed by atoms with Crippen LogP contribution in [0.3, 0.4) is 0 Å². The maximum absolute atomic E-state index is 12.0. The van der Waals surface area contributed by atoms with Crippen LogP contribution in [0.25, 0.3) is 6.08 Å². The van der Waals surface area contributed by atoms with Gasteiger partial charge in [-0.05, 0) is 68.0 Å². The Morgan fingerprint density at radius 1 is 1.16 bits per heavy atom. The number of nitrogens with zero attached hydrogens (tertiary/aromatic N) is 1. The zero-order valence-electron chi connectivity index (χ0n) is 17.3. The number of primary amides is 1. The number of nitrogens with two attached hydrogens (primary N) is 1. The maximum Gasteiger partial charge on any atom is 0.331 e. The average molecular weight is 421 g/mol. The minimum absolute atomic E-state index is 0.332. The van der Waals surface area contributed by atoms with E-state index in [1.165, 1.54) is 30.3 Å². The van der Waals surface area contributed by atoms with Gasteiger partial charge in [0.1, 0.15) is 5.76 Å². The molecular formula is C23H23N3O5. The Morgan fingerprint density at radius 3 is 2.55 bits per heavy atom. The van der Waals surface area contributed by atoms with Crippen molar-refractivity contribution in [2.75, 3.05) is 11.9 Å². The number of carbonyl (C=O) groups excluding carboxylic acids is 3. The lowest BCUT2D eigenvalue weighted by molar-refractivity contribution is -0.142. The molecule has 0 atom stereocenters. The van der Waals surface area contributed by atoms with Gasteiger partial charge in [0.05, 0.1) is 12.8 Å². The fraction of sp³-hybridized carbons (Fsp3) is 0.174. The first kappa shape index (κ1) is 21.6. The Kier molecular flexibility index (Phi) is 6.71. The molecule has 3 N–H and O–H groups in total. The van der Waals surface area contributed by atoms with Gasteiger partial charge in [-0.25, -0.2) is 4.79 Å². The second kappa shape index (κ2) is 9.62. The molecule has 0 aliphatic rings. The molecule has 0 radical (unpaired) electrons. The van der Waals surface area contributed by atoms with Gasteiger partial charge >= 0.3 is 5.97 Å². The summed E-state index contributed by atoms with van der Waals surface area (Å²) in [4.78, 5) is 35.0. The molecule has 0 saturated carbocycles. The van der Waals surface area contributed by atoms with Crippen molar-refractivity contribution in [3.05, 3.63) is 83.1 Å². The molecule has 160 valence electrons. The summed E-state index contributed by atoms with van der Waals surface area (Å²) >= 11 is 0. The largest absolute Gasteiger partial charge is 0.467 e. The van der Waals surface area contributed by atoms with E-state index in [2.05, 4.69) is 9.88 Å². The summed E-state index contributed by atoms with van der Waals surface area (Å²) in [6, 6.07) is 11.8. The minimum Gasteiger partial charge on any atom is -0.467 e. The third-order valence-electron chi connectivity index (χ3n) is 4.70. The summed E-state index contributed by atoms with van der Waals surface area (Å²) in [6.45, 7) is 4.10. The van der Waals surface area contributed by atoms with Crippen molar-refractivity contribution in [1.82, 2.24) is 4.57 Å². The highest BCUT2D eigenvalue weighted by atomic mass is 16.5. The number of aryl methyl sites for hydroxylation is 1. The van der Waals surface area contributed by atoms with Crippen molar-refractivity contribution in [1.29, 1.82) is 0 Å². The van der Waals surface area contributed by atoms with Gasteiger partial charge in [-0.2, -0.15) is 0 Å². The molecule has 0 fully saturated rings. The number of esters is 1. The minimum atomic E-state index is -0.630. The highest BCUT2D eigenvalue weighted by Crippen LogP contribution is 2.18. The Balaban J connectivity index is 1.52. The highest BCUT2D eigenvalue weighted by molar-refractivity contribution is 5.96. The highest BCUT2D eigenvalue weighted by Gasteiger charge is 2.10. The molecule has 0 aliphatic heterocycles. The van der Waals surface area contributed by atoms with Crippen LogP contribution in [0.5, 0.6) is 0 Å². The maximum atomic E-state index is 12.0. The fourth-order valence-corrected chi connectivity index (χ4v) is 3.06. The summed E-state index contributed by atoms with van der Waals surface area (Å²) in [5.74, 6) is -0.840. The number of hydrogen-bond acceptors (Lipinski definition) is 5. The summed E-state index contributed by atoms with van der Waals surface area (Å²) in [5.41, 5.74) is 8.85. The molecule has 31 heavy (non-hydrogen) atoms. The van der Waals surface area contributed by atoms with Crippen LogP contribution in [-0.2, 0) is 20.9 Å². The van der Waals surface area contributed by atoms with Crippen molar-refractivity contribution in [3.8, 4) is 0 Å². The Hall–Kier alpha value is -4.07. The first-order valence-electron chi connectivity index (χ1n) is 9.57. The third-order valence-corrected chi connectivity index (χ3v) is 4.70. The van der Waals surface area contributed by atoms with E-state index >= 15 is 0 Å². The molecule has 2 heterocycles. The van der Waals surface area contributed by atoms with E-state index in [9.17, 15) is 14.4 Å². The number of carbonyl (C=O) groups is 3. The smallest absolute Gasteiger partial charge is 0.331 e. The van der Waals surface area contributed by atoms with Crippen LogP contribution in [0.1, 0.15) is 33.1 Å². The van der Waals surface area contributed by atoms with Crippen molar-refractivity contribution in [3.63, 3.8) is 0 Å². The normalized spacial score (nSPS) is 10.9. The number of hydrogen-bond donors (Lipinski definition) is 2. The monoisotopic (exact) mass is 421 g/mol. The summed E-state index contributed by atoms with van der Waals surface area (Å²) < 4.78 is 12.5. The number of anilines is 1. The number of ether oxygens (including phenoxy) is 1. The second-order valence-corrected chi connectivity index (χ2v) is 6.92. The van der Waals surface area contributed by atoms with Crippen LogP contribution in [0.4, 0.5) is 5.69 Å². The first-order chi connectivity index (χ1) is 14.8. The molecule has 0 aliphatic carbocycles. The van der Waals surface area contributed by atoms with Gasteiger partial charge in [0.15, 0.2) is 6.61 Å². The molecule has 1 aromatic carbocycles. The molecule has 2 amide bonds. The zero-order chi connectivity index (χ0) is 22.4. The number of benzene rings is 1. The molecule has 0 saturated heterocycles. The van der Waals surface area contributed by atoms with Crippen LogP contribution in [-0.4, -0.2) is 29.0 Å². The Bertz CT molecular complexity index is 1110. The van der Waals surface area contributed by atoms with Gasteiger partial charge in [-0.3, -0.25) is 9.59 Å². The van der Waals surface area contributed by atoms with Gasteiger partial charge in [-0.15, -0.1) is 0 Å². The van der Waals surface area contributed by atoms with Crippen LogP contribution in [0, 0.1) is 13.8 Å². The lowest BCUT2D eigenvalue weighted by Crippen LogP contribution is -2.20. The molecular weight excluding hydrogens is 398 g/mol. The number of furan rings is 1.